The van der Waals surface area contributed by atoms with Crippen LogP contribution in [0.2, 0.25) is 0 Å². The van der Waals surface area contributed by atoms with Crippen molar-refractivity contribution in [2.45, 2.75) is 57.1 Å². The van der Waals surface area contributed by atoms with E-state index in [1.165, 1.54) is 0 Å². The summed E-state index contributed by atoms with van der Waals surface area (Å²) in [5.41, 5.74) is 2.15. The molecule has 9 heteroatoms. The number of nitrogens with zero attached hydrogens (tertiary/aromatic N) is 3. The number of anilines is 1. The molecule has 0 radical (unpaired) electrons. The fourth-order valence-corrected chi connectivity index (χ4v) is 7.04. The van der Waals surface area contributed by atoms with Crippen LogP contribution < -0.4 is 14.4 Å². The Labute approximate surface area is 213 Å². The van der Waals surface area contributed by atoms with Gasteiger partial charge in [-0.1, -0.05) is 39.7 Å². The first kappa shape index (κ1) is 24.8. The summed E-state index contributed by atoms with van der Waals surface area (Å²) in [7, 11) is -3.67. The van der Waals surface area contributed by atoms with E-state index in [9.17, 15) is 8.76 Å². The summed E-state index contributed by atoms with van der Waals surface area (Å²) < 4.78 is 45.9. The van der Waals surface area contributed by atoms with Crippen molar-refractivity contribution < 1.29 is 22.8 Å². The molecule has 5 rings (SSSR count). The second-order valence-electron chi connectivity index (χ2n) is 9.52. The Morgan fingerprint density at radius 1 is 1.06 bits per heavy atom. The smallest absolute Gasteiger partial charge is 0.240 e. The van der Waals surface area contributed by atoms with Gasteiger partial charge < -0.3 is 23.4 Å². The molecule has 3 aromatic rings. The van der Waals surface area contributed by atoms with Crippen molar-refractivity contribution in [3.63, 3.8) is 0 Å². The molecule has 2 aromatic carbocycles. The Kier molecular flexibility index (Phi) is 6.80. The monoisotopic (exact) mass is 511 g/mol. The summed E-state index contributed by atoms with van der Waals surface area (Å²) in [6.45, 7) is 8.21. The molecule has 0 bridgehead atoms. The van der Waals surface area contributed by atoms with Gasteiger partial charge in [0.15, 0.2) is 16.2 Å². The molecule has 1 aromatic heterocycles. The highest BCUT2D eigenvalue weighted by atomic mass is 32.3. The highest BCUT2D eigenvalue weighted by Gasteiger charge is 2.46. The van der Waals surface area contributed by atoms with Gasteiger partial charge in [-0.2, -0.15) is 0 Å². The van der Waals surface area contributed by atoms with E-state index in [-0.39, 0.29) is 4.90 Å². The predicted molar refractivity (Wildman–Crippen MR) is 137 cm³/mol. The number of hydrogen-bond donors (Lipinski definition) is 0. The van der Waals surface area contributed by atoms with Crippen molar-refractivity contribution in [3.05, 3.63) is 65.5 Å². The maximum atomic E-state index is 13.3. The summed E-state index contributed by atoms with van der Waals surface area (Å²) in [5.74, 6) is 2.07. The summed E-state index contributed by atoms with van der Waals surface area (Å²) in [6.07, 6.45) is 2.04. The van der Waals surface area contributed by atoms with Crippen LogP contribution in [0.15, 0.2) is 57.9 Å². The highest BCUT2D eigenvalue weighted by molar-refractivity contribution is 7.95. The number of aromatic nitrogens is 1. The van der Waals surface area contributed by atoms with Gasteiger partial charge in [-0.05, 0) is 32.0 Å². The van der Waals surface area contributed by atoms with Crippen LogP contribution in [0.3, 0.4) is 0 Å². The summed E-state index contributed by atoms with van der Waals surface area (Å²) in [5, 5.41) is 3.84. The van der Waals surface area contributed by atoms with Crippen LogP contribution in [0, 0.1) is 13.8 Å². The Bertz CT molecular complexity index is 1250. The topological polar surface area (TPSA) is 91.1 Å². The molecule has 1 unspecified atom stereocenters. The molecule has 36 heavy (non-hydrogen) atoms. The van der Waals surface area contributed by atoms with Crippen LogP contribution in [-0.4, -0.2) is 45.9 Å². The fourth-order valence-electron chi connectivity index (χ4n) is 5.31. The number of benzene rings is 2. The third-order valence-corrected chi connectivity index (χ3v) is 9.35. The zero-order valence-electron chi connectivity index (χ0n) is 21.1. The van der Waals surface area contributed by atoms with E-state index in [2.05, 4.69) is 22.2 Å². The first-order valence-electron chi connectivity index (χ1n) is 12.5. The molecule has 0 saturated carbocycles. The standard InChI is InChI=1S/C27H33N3O5S/c1-4-33-24-11-7-5-9-22(24)19-29-16-13-27(34-25-12-8-6-10-23(25)29)14-17-30(18-15-27)36(31,32)26-20(2)28-35-21(26)3/h5-12H,4,13-19H2,1-3H3. The van der Waals surface area contributed by atoms with Gasteiger partial charge >= 0.3 is 0 Å². The lowest BCUT2D eigenvalue weighted by molar-refractivity contribution is 0.0167. The number of piperidine rings is 1. The zero-order valence-corrected chi connectivity index (χ0v) is 21.9. The summed E-state index contributed by atoms with van der Waals surface area (Å²) in [4.78, 5) is 2.53. The molecular weight excluding hydrogens is 478 g/mol. The molecule has 2 aliphatic heterocycles. The van der Waals surface area contributed by atoms with Crippen molar-refractivity contribution in [1.29, 1.82) is 0 Å². The number of para-hydroxylation sites is 3. The molecule has 1 spiro atoms. The minimum absolute atomic E-state index is 0.185. The van der Waals surface area contributed by atoms with Crippen LogP contribution >= 0.6 is 0 Å². The summed E-state index contributed by atoms with van der Waals surface area (Å²) >= 11 is 0. The van der Waals surface area contributed by atoms with Gasteiger partial charge in [0.25, 0.3) is 0 Å². The van der Waals surface area contributed by atoms with E-state index in [4.69, 9.17) is 14.0 Å². The first-order chi connectivity index (χ1) is 17.3. The largest absolute Gasteiger partial charge is 0.593 e. The van der Waals surface area contributed by atoms with E-state index in [1.807, 2.05) is 43.3 Å². The van der Waals surface area contributed by atoms with Gasteiger partial charge in [0.1, 0.15) is 22.8 Å². The quantitative estimate of drug-likeness (QED) is 0.434. The molecule has 1 atom stereocenters. The second kappa shape index (κ2) is 9.88. The van der Waals surface area contributed by atoms with Crippen molar-refractivity contribution in [2.75, 3.05) is 31.1 Å². The lowest BCUT2D eigenvalue weighted by Gasteiger charge is -2.41. The average Bonchev–Trinajstić information content (AvgIpc) is 3.14. The second-order valence-corrected chi connectivity index (χ2v) is 11.4. The summed E-state index contributed by atoms with van der Waals surface area (Å²) in [6, 6.07) is 16.3. The minimum Gasteiger partial charge on any atom is -0.593 e. The van der Waals surface area contributed by atoms with Crippen molar-refractivity contribution in [2.24, 2.45) is 0 Å². The van der Waals surface area contributed by atoms with E-state index < -0.39 is 16.0 Å². The number of sulfonamides is 1. The van der Waals surface area contributed by atoms with Crippen molar-refractivity contribution >= 4 is 16.1 Å². The lowest BCUT2D eigenvalue weighted by atomic mass is 9.88. The highest BCUT2D eigenvalue weighted by Crippen LogP contribution is 2.42. The van der Waals surface area contributed by atoms with Crippen molar-refractivity contribution in [3.8, 4) is 11.5 Å². The van der Waals surface area contributed by atoms with Crippen LogP contribution in [0.5, 0.6) is 11.5 Å². The number of ether oxygens (including phenoxy) is 2. The van der Waals surface area contributed by atoms with Crippen LogP contribution in [0.4, 0.5) is 5.69 Å². The van der Waals surface area contributed by atoms with Crippen molar-refractivity contribution in [1.82, 2.24) is 9.46 Å². The Hall–Kier alpha value is -2.88. The minimum atomic E-state index is -3.67. The number of hydrogen-bond acceptors (Lipinski definition) is 7. The molecule has 0 aliphatic carbocycles. The third kappa shape index (κ3) is 4.63. The number of fused-ring (bicyclic) bond motifs is 1. The van der Waals surface area contributed by atoms with Gasteiger partial charge in [-0.3, -0.25) is 0 Å². The van der Waals surface area contributed by atoms with Gasteiger partial charge in [-0.15, -0.1) is 4.31 Å². The van der Waals surface area contributed by atoms with Gasteiger partial charge in [0.05, 0.1) is 12.3 Å². The lowest BCUT2D eigenvalue weighted by Crippen LogP contribution is -2.51. The Balaban J connectivity index is 1.36. The zero-order chi connectivity index (χ0) is 25.3. The first-order valence-corrected chi connectivity index (χ1v) is 13.9. The SMILES string of the molecule is CCOc1ccccc1CN1CCC2(CCN([S+](=O)([O-])c3c(C)noc3C)CC2)Oc2ccccc21. The van der Waals surface area contributed by atoms with E-state index >= 15 is 0 Å². The normalized spacial score (nSPS) is 19.3. The molecular formula is C27H33N3O5S. The predicted octanol–water partition coefficient (Wildman–Crippen LogP) is 4.92. The van der Waals surface area contributed by atoms with E-state index in [0.29, 0.717) is 50.5 Å². The van der Waals surface area contributed by atoms with Crippen LogP contribution in [-0.2, 0) is 21.2 Å². The number of aryl methyl sites for hydroxylation is 2. The van der Waals surface area contributed by atoms with Crippen LogP contribution in [0.25, 0.3) is 0 Å². The maximum Gasteiger partial charge on any atom is 0.240 e. The molecule has 2 aliphatic rings. The fraction of sp³-hybridized carbons (Fsp3) is 0.444. The van der Waals surface area contributed by atoms with E-state index in [0.717, 1.165) is 35.7 Å². The van der Waals surface area contributed by atoms with E-state index in [1.54, 1.807) is 18.2 Å². The molecule has 8 nitrogen and oxygen atoms in total. The maximum absolute atomic E-state index is 13.3. The van der Waals surface area contributed by atoms with Gasteiger partial charge in [-0.25, -0.2) is 0 Å². The molecule has 1 fully saturated rings. The molecule has 192 valence electrons. The Morgan fingerprint density at radius 2 is 1.75 bits per heavy atom. The Morgan fingerprint density at radius 3 is 2.47 bits per heavy atom. The van der Waals surface area contributed by atoms with Gasteiger partial charge in [0.2, 0.25) is 4.90 Å². The molecule has 0 amide bonds. The molecule has 0 N–H and O–H groups in total. The third-order valence-electron chi connectivity index (χ3n) is 7.20. The average molecular weight is 512 g/mol. The van der Waals surface area contributed by atoms with Gasteiger partial charge in [0, 0.05) is 57.9 Å². The molecule has 3 heterocycles. The molecule has 1 saturated heterocycles. The number of rotatable bonds is 6. The van der Waals surface area contributed by atoms with Crippen LogP contribution in [0.1, 0.15) is 43.2 Å².